The summed E-state index contributed by atoms with van der Waals surface area (Å²) in [5, 5.41) is 6.22. The van der Waals surface area contributed by atoms with E-state index in [1.807, 2.05) is 6.92 Å². The molecule has 0 aromatic rings. The minimum absolute atomic E-state index is 0.675. The first kappa shape index (κ1) is 11.3. The highest BCUT2D eigenvalue weighted by Gasteiger charge is 1.90. The van der Waals surface area contributed by atoms with Crippen molar-refractivity contribution in [2.24, 2.45) is 0 Å². The summed E-state index contributed by atoms with van der Waals surface area (Å²) in [7, 11) is 0. The molecule has 12 heavy (non-hydrogen) atoms. The van der Waals surface area contributed by atoms with Gasteiger partial charge in [-0.25, -0.2) is 0 Å². The van der Waals surface area contributed by atoms with Crippen LogP contribution in [0.2, 0.25) is 0 Å². The third-order valence-corrected chi connectivity index (χ3v) is 1.40. The molecule has 0 spiro atoms. The molecule has 3 nitrogen and oxygen atoms in total. The van der Waals surface area contributed by atoms with Crippen LogP contribution in [-0.4, -0.2) is 26.2 Å². The third kappa shape index (κ3) is 7.41. The molecule has 0 heterocycles. The summed E-state index contributed by atoms with van der Waals surface area (Å²) < 4.78 is 5.28. The van der Waals surface area contributed by atoms with Gasteiger partial charge in [-0.3, -0.25) is 0 Å². The van der Waals surface area contributed by atoms with Crippen molar-refractivity contribution in [1.29, 1.82) is 0 Å². The summed E-state index contributed by atoms with van der Waals surface area (Å²) in [6, 6.07) is 0. The Morgan fingerprint density at radius 3 is 2.67 bits per heavy atom. The fourth-order valence-corrected chi connectivity index (χ4v) is 0.818. The van der Waals surface area contributed by atoms with Gasteiger partial charge in [-0.05, 0) is 33.0 Å². The van der Waals surface area contributed by atoms with Gasteiger partial charge in [0.2, 0.25) is 0 Å². The maximum Gasteiger partial charge on any atom is 0.179 e. The van der Waals surface area contributed by atoms with E-state index in [9.17, 15) is 0 Å². The fraction of sp³-hybridized carbons (Fsp3) is 0.778. The van der Waals surface area contributed by atoms with Crippen LogP contribution < -0.4 is 10.6 Å². The Balaban J connectivity index is 3.03. The fourth-order valence-electron chi connectivity index (χ4n) is 0.818. The quantitative estimate of drug-likeness (QED) is 0.424. The van der Waals surface area contributed by atoms with Crippen LogP contribution in [0.4, 0.5) is 0 Å². The van der Waals surface area contributed by atoms with Gasteiger partial charge >= 0.3 is 0 Å². The number of hydrogen-bond acceptors (Lipinski definition) is 3. The Labute approximate surface area is 75.2 Å². The molecule has 0 saturated carbocycles. The molecular formula is C9H20N2O. The van der Waals surface area contributed by atoms with Gasteiger partial charge in [0.1, 0.15) is 0 Å². The molecule has 0 aromatic heterocycles. The van der Waals surface area contributed by atoms with Crippen LogP contribution in [0, 0.1) is 0 Å². The van der Waals surface area contributed by atoms with Gasteiger partial charge in [0.05, 0.1) is 6.61 Å². The number of rotatable bonds is 8. The first-order chi connectivity index (χ1) is 5.81. The summed E-state index contributed by atoms with van der Waals surface area (Å²) >= 11 is 0. The molecule has 0 aliphatic heterocycles. The smallest absolute Gasteiger partial charge is 0.179 e. The zero-order chi connectivity index (χ0) is 9.23. The van der Waals surface area contributed by atoms with E-state index in [0.717, 1.165) is 32.7 Å². The van der Waals surface area contributed by atoms with Crippen molar-refractivity contribution in [1.82, 2.24) is 10.6 Å². The first-order valence-electron chi connectivity index (χ1n) is 4.57. The summed E-state index contributed by atoms with van der Waals surface area (Å²) in [5.41, 5.74) is 0. The van der Waals surface area contributed by atoms with Crippen molar-refractivity contribution >= 4 is 0 Å². The SMILES string of the molecule is C=C(NCC)OCCCNCC. The zero-order valence-electron chi connectivity index (χ0n) is 8.15. The highest BCUT2D eigenvalue weighted by Crippen LogP contribution is 1.89. The maximum absolute atomic E-state index is 5.28. The molecule has 0 unspecified atom stereocenters. The van der Waals surface area contributed by atoms with Crippen LogP contribution in [0.3, 0.4) is 0 Å². The second kappa shape index (κ2) is 8.40. The third-order valence-electron chi connectivity index (χ3n) is 1.40. The van der Waals surface area contributed by atoms with E-state index in [-0.39, 0.29) is 0 Å². The monoisotopic (exact) mass is 172 g/mol. The molecular weight excluding hydrogens is 152 g/mol. The lowest BCUT2D eigenvalue weighted by molar-refractivity contribution is 0.189. The topological polar surface area (TPSA) is 33.3 Å². The summed E-state index contributed by atoms with van der Waals surface area (Å²) in [5.74, 6) is 0.675. The predicted octanol–water partition coefficient (Wildman–Crippen LogP) is 1.08. The van der Waals surface area contributed by atoms with Gasteiger partial charge in [-0.2, -0.15) is 0 Å². The van der Waals surface area contributed by atoms with E-state index < -0.39 is 0 Å². The molecule has 0 aliphatic carbocycles. The van der Waals surface area contributed by atoms with E-state index in [4.69, 9.17) is 4.74 Å². The van der Waals surface area contributed by atoms with Crippen molar-refractivity contribution in [3.63, 3.8) is 0 Å². The van der Waals surface area contributed by atoms with Crippen LogP contribution in [0.25, 0.3) is 0 Å². The van der Waals surface area contributed by atoms with Gasteiger partial charge in [-0.15, -0.1) is 0 Å². The number of hydrogen-bond donors (Lipinski definition) is 2. The predicted molar refractivity (Wildman–Crippen MR) is 51.9 cm³/mol. The largest absolute Gasteiger partial charge is 0.480 e. The highest BCUT2D eigenvalue weighted by molar-refractivity contribution is 4.77. The Morgan fingerprint density at radius 1 is 1.33 bits per heavy atom. The minimum Gasteiger partial charge on any atom is -0.480 e. The molecule has 3 heteroatoms. The molecule has 72 valence electrons. The summed E-state index contributed by atoms with van der Waals surface area (Å²) in [6.07, 6.45) is 1.03. The van der Waals surface area contributed by atoms with E-state index in [2.05, 4.69) is 24.1 Å². The molecule has 0 bridgehead atoms. The van der Waals surface area contributed by atoms with E-state index in [1.54, 1.807) is 0 Å². The molecule has 0 radical (unpaired) electrons. The normalized spacial score (nSPS) is 9.50. The minimum atomic E-state index is 0.675. The Hall–Kier alpha value is -0.700. The average molecular weight is 172 g/mol. The Kier molecular flexibility index (Phi) is 7.91. The number of ether oxygens (including phenoxy) is 1. The summed E-state index contributed by atoms with van der Waals surface area (Å²) in [4.78, 5) is 0. The van der Waals surface area contributed by atoms with Crippen LogP contribution in [-0.2, 0) is 4.74 Å². The van der Waals surface area contributed by atoms with Crippen LogP contribution in [0.1, 0.15) is 20.3 Å². The number of nitrogens with one attached hydrogen (secondary N) is 2. The molecule has 0 aromatic carbocycles. The van der Waals surface area contributed by atoms with Crippen molar-refractivity contribution in [3.8, 4) is 0 Å². The standard InChI is InChI=1S/C9H20N2O/c1-4-10-7-6-8-12-9(3)11-5-2/h10-11H,3-8H2,1-2H3. The Morgan fingerprint density at radius 2 is 2.08 bits per heavy atom. The first-order valence-corrected chi connectivity index (χ1v) is 4.57. The highest BCUT2D eigenvalue weighted by atomic mass is 16.5. The lowest BCUT2D eigenvalue weighted by atomic mass is 10.4. The van der Waals surface area contributed by atoms with Crippen molar-refractivity contribution in [3.05, 3.63) is 12.5 Å². The molecule has 0 amide bonds. The van der Waals surface area contributed by atoms with Gasteiger partial charge in [-0.1, -0.05) is 6.92 Å². The van der Waals surface area contributed by atoms with Crippen LogP contribution >= 0.6 is 0 Å². The molecule has 0 fully saturated rings. The van der Waals surface area contributed by atoms with Crippen LogP contribution in [0.5, 0.6) is 0 Å². The second-order valence-electron chi connectivity index (χ2n) is 2.51. The molecule has 0 atom stereocenters. The van der Waals surface area contributed by atoms with E-state index >= 15 is 0 Å². The van der Waals surface area contributed by atoms with Crippen LogP contribution in [0.15, 0.2) is 12.5 Å². The van der Waals surface area contributed by atoms with Gasteiger partial charge < -0.3 is 15.4 Å². The average Bonchev–Trinajstić information content (AvgIpc) is 2.05. The lowest BCUT2D eigenvalue weighted by Gasteiger charge is -2.09. The van der Waals surface area contributed by atoms with Gasteiger partial charge in [0, 0.05) is 6.54 Å². The maximum atomic E-state index is 5.28. The second-order valence-corrected chi connectivity index (χ2v) is 2.51. The van der Waals surface area contributed by atoms with Crippen molar-refractivity contribution in [2.45, 2.75) is 20.3 Å². The zero-order valence-corrected chi connectivity index (χ0v) is 8.15. The Bertz CT molecular complexity index is 115. The summed E-state index contributed by atoms with van der Waals surface area (Å²) in [6.45, 7) is 11.5. The van der Waals surface area contributed by atoms with Gasteiger partial charge in [0.25, 0.3) is 0 Å². The van der Waals surface area contributed by atoms with E-state index in [0.29, 0.717) is 5.88 Å². The van der Waals surface area contributed by atoms with Crippen molar-refractivity contribution in [2.75, 3.05) is 26.2 Å². The molecule has 0 rings (SSSR count). The van der Waals surface area contributed by atoms with Gasteiger partial charge in [0.15, 0.2) is 5.88 Å². The van der Waals surface area contributed by atoms with E-state index in [1.165, 1.54) is 0 Å². The molecule has 0 saturated heterocycles. The molecule has 2 N–H and O–H groups in total. The lowest BCUT2D eigenvalue weighted by Crippen LogP contribution is -2.18. The molecule has 0 aliphatic rings. The van der Waals surface area contributed by atoms with Crippen molar-refractivity contribution < 1.29 is 4.74 Å².